The lowest BCUT2D eigenvalue weighted by Gasteiger charge is -2.17. The zero-order valence-electron chi connectivity index (χ0n) is 9.73. The van der Waals surface area contributed by atoms with Crippen molar-refractivity contribution < 1.29 is 9.90 Å². The van der Waals surface area contributed by atoms with Crippen molar-refractivity contribution in [2.75, 3.05) is 27.2 Å². The molecule has 0 bridgehead atoms. The van der Waals surface area contributed by atoms with Gasteiger partial charge in [-0.3, -0.25) is 4.79 Å². The first-order valence-electron chi connectivity index (χ1n) is 5.34. The van der Waals surface area contributed by atoms with Gasteiger partial charge in [-0.1, -0.05) is 6.07 Å². The highest BCUT2D eigenvalue weighted by Crippen LogP contribution is 2.12. The second kappa shape index (κ2) is 6.12. The molecule has 4 heteroatoms. The van der Waals surface area contributed by atoms with Gasteiger partial charge in [0, 0.05) is 19.2 Å². The number of carbonyl (C=O) groups excluding carboxylic acids is 1. The van der Waals surface area contributed by atoms with Crippen LogP contribution in [0.4, 0.5) is 0 Å². The molecule has 1 amide bonds. The Morgan fingerprint density at radius 3 is 2.88 bits per heavy atom. The normalized spacial score (nSPS) is 10.1. The molecule has 0 saturated carbocycles. The van der Waals surface area contributed by atoms with Gasteiger partial charge < -0.3 is 15.3 Å². The van der Waals surface area contributed by atoms with Gasteiger partial charge in [0.25, 0.3) is 5.91 Å². The molecular weight excluding hydrogens is 204 g/mol. The van der Waals surface area contributed by atoms with Crippen LogP contribution in [0.2, 0.25) is 0 Å². The lowest BCUT2D eigenvalue weighted by molar-refractivity contribution is 0.0793. The zero-order chi connectivity index (χ0) is 12.0. The van der Waals surface area contributed by atoms with Crippen molar-refractivity contribution in [2.45, 2.75) is 6.42 Å². The van der Waals surface area contributed by atoms with Gasteiger partial charge in [0.1, 0.15) is 5.75 Å². The summed E-state index contributed by atoms with van der Waals surface area (Å²) in [5, 5.41) is 12.3. The SMILES string of the molecule is CNCCCN(C)C(=O)c1cccc(O)c1. The first-order valence-corrected chi connectivity index (χ1v) is 5.34. The van der Waals surface area contributed by atoms with Gasteiger partial charge in [0.15, 0.2) is 0 Å². The molecule has 0 saturated heterocycles. The maximum Gasteiger partial charge on any atom is 0.253 e. The molecule has 0 atom stereocenters. The van der Waals surface area contributed by atoms with Crippen LogP contribution in [0.5, 0.6) is 5.75 Å². The van der Waals surface area contributed by atoms with Gasteiger partial charge in [-0.15, -0.1) is 0 Å². The van der Waals surface area contributed by atoms with Crippen LogP contribution in [0.15, 0.2) is 24.3 Å². The predicted molar refractivity (Wildman–Crippen MR) is 63.6 cm³/mol. The van der Waals surface area contributed by atoms with Gasteiger partial charge in [-0.05, 0) is 38.2 Å². The predicted octanol–water partition coefficient (Wildman–Crippen LogP) is 1.07. The number of carbonyl (C=O) groups is 1. The van der Waals surface area contributed by atoms with E-state index in [1.54, 1.807) is 30.1 Å². The number of phenolic OH excluding ortho intramolecular Hbond substituents is 1. The molecule has 0 heterocycles. The van der Waals surface area contributed by atoms with Gasteiger partial charge in [0.2, 0.25) is 0 Å². The van der Waals surface area contributed by atoms with Gasteiger partial charge in [-0.25, -0.2) is 0 Å². The Kier molecular flexibility index (Phi) is 4.79. The van der Waals surface area contributed by atoms with Crippen LogP contribution >= 0.6 is 0 Å². The van der Waals surface area contributed by atoms with E-state index in [2.05, 4.69) is 5.32 Å². The molecule has 0 spiro atoms. The van der Waals surface area contributed by atoms with Crippen molar-refractivity contribution in [1.82, 2.24) is 10.2 Å². The summed E-state index contributed by atoms with van der Waals surface area (Å²) in [5.74, 6) is 0.0569. The Hall–Kier alpha value is -1.55. The molecule has 2 N–H and O–H groups in total. The molecule has 1 aromatic rings. The van der Waals surface area contributed by atoms with Gasteiger partial charge >= 0.3 is 0 Å². The lowest BCUT2D eigenvalue weighted by atomic mass is 10.2. The molecule has 0 aromatic heterocycles. The fourth-order valence-corrected chi connectivity index (χ4v) is 1.45. The Labute approximate surface area is 95.9 Å². The second-order valence-electron chi connectivity index (χ2n) is 3.73. The highest BCUT2D eigenvalue weighted by atomic mass is 16.3. The number of phenols is 1. The maximum absolute atomic E-state index is 11.9. The third-order valence-corrected chi connectivity index (χ3v) is 2.36. The molecule has 4 nitrogen and oxygen atoms in total. The number of aromatic hydroxyl groups is 1. The summed E-state index contributed by atoms with van der Waals surface area (Å²) in [6.07, 6.45) is 0.914. The summed E-state index contributed by atoms with van der Waals surface area (Å²) in [6.45, 7) is 1.59. The largest absolute Gasteiger partial charge is 0.508 e. The minimum absolute atomic E-state index is 0.0630. The average Bonchev–Trinajstić information content (AvgIpc) is 2.28. The molecular formula is C12H18N2O2. The lowest BCUT2D eigenvalue weighted by Crippen LogP contribution is -2.29. The van der Waals surface area contributed by atoms with E-state index < -0.39 is 0 Å². The highest BCUT2D eigenvalue weighted by molar-refractivity contribution is 5.94. The third kappa shape index (κ3) is 3.55. The van der Waals surface area contributed by atoms with Crippen LogP contribution in [0, 0.1) is 0 Å². The topological polar surface area (TPSA) is 52.6 Å². The summed E-state index contributed by atoms with van der Waals surface area (Å²) < 4.78 is 0. The van der Waals surface area contributed by atoms with E-state index in [0.29, 0.717) is 12.1 Å². The fraction of sp³-hybridized carbons (Fsp3) is 0.417. The van der Waals surface area contributed by atoms with E-state index >= 15 is 0 Å². The first-order chi connectivity index (χ1) is 7.65. The summed E-state index contributed by atoms with van der Waals surface area (Å²) in [4.78, 5) is 13.5. The molecule has 0 fully saturated rings. The standard InChI is InChI=1S/C12H18N2O2/c1-13-7-4-8-14(2)12(16)10-5-3-6-11(15)9-10/h3,5-6,9,13,15H,4,7-8H2,1-2H3. The van der Waals surface area contributed by atoms with Crippen molar-refractivity contribution in [3.05, 3.63) is 29.8 Å². The summed E-state index contributed by atoms with van der Waals surface area (Å²) in [5.41, 5.74) is 0.520. The summed E-state index contributed by atoms with van der Waals surface area (Å²) in [7, 11) is 3.65. The number of rotatable bonds is 5. The Bertz CT molecular complexity index is 353. The molecule has 0 unspecified atom stereocenters. The van der Waals surface area contributed by atoms with Crippen LogP contribution in [0.1, 0.15) is 16.8 Å². The van der Waals surface area contributed by atoms with E-state index in [0.717, 1.165) is 13.0 Å². The van der Waals surface area contributed by atoms with Crippen molar-refractivity contribution in [3.63, 3.8) is 0 Å². The van der Waals surface area contributed by atoms with Crippen LogP contribution in [0.3, 0.4) is 0 Å². The molecule has 1 aromatic carbocycles. The zero-order valence-corrected chi connectivity index (χ0v) is 9.73. The Morgan fingerprint density at radius 1 is 1.50 bits per heavy atom. The number of nitrogens with one attached hydrogen (secondary N) is 1. The number of benzene rings is 1. The number of nitrogens with zero attached hydrogens (tertiary/aromatic N) is 1. The average molecular weight is 222 g/mol. The Balaban J connectivity index is 2.56. The smallest absolute Gasteiger partial charge is 0.253 e. The third-order valence-electron chi connectivity index (χ3n) is 2.36. The van der Waals surface area contributed by atoms with Crippen LogP contribution in [-0.2, 0) is 0 Å². The summed E-state index contributed by atoms with van der Waals surface area (Å²) >= 11 is 0. The minimum Gasteiger partial charge on any atom is -0.508 e. The second-order valence-corrected chi connectivity index (χ2v) is 3.73. The first kappa shape index (κ1) is 12.5. The fourth-order valence-electron chi connectivity index (χ4n) is 1.45. The van der Waals surface area contributed by atoms with E-state index in [1.807, 2.05) is 7.05 Å². The quantitative estimate of drug-likeness (QED) is 0.733. The van der Waals surface area contributed by atoms with Crippen LogP contribution in [-0.4, -0.2) is 43.1 Å². The summed E-state index contributed by atoms with van der Waals surface area (Å²) in [6, 6.07) is 6.41. The molecule has 16 heavy (non-hydrogen) atoms. The van der Waals surface area contributed by atoms with E-state index in [9.17, 15) is 9.90 Å². The molecule has 0 aliphatic heterocycles. The van der Waals surface area contributed by atoms with E-state index in [1.165, 1.54) is 6.07 Å². The van der Waals surface area contributed by atoms with E-state index in [-0.39, 0.29) is 11.7 Å². The number of amides is 1. The van der Waals surface area contributed by atoms with E-state index in [4.69, 9.17) is 0 Å². The monoisotopic (exact) mass is 222 g/mol. The number of hydrogen-bond donors (Lipinski definition) is 2. The molecule has 0 aliphatic rings. The van der Waals surface area contributed by atoms with Crippen molar-refractivity contribution in [3.8, 4) is 5.75 Å². The minimum atomic E-state index is -0.0630. The van der Waals surface area contributed by atoms with Crippen molar-refractivity contribution >= 4 is 5.91 Å². The molecule has 0 aliphatic carbocycles. The van der Waals surface area contributed by atoms with Crippen LogP contribution < -0.4 is 5.32 Å². The number of hydrogen-bond acceptors (Lipinski definition) is 3. The molecule has 88 valence electrons. The van der Waals surface area contributed by atoms with Gasteiger partial charge in [0.05, 0.1) is 0 Å². The maximum atomic E-state index is 11.9. The van der Waals surface area contributed by atoms with Crippen molar-refractivity contribution in [2.24, 2.45) is 0 Å². The Morgan fingerprint density at radius 2 is 2.25 bits per heavy atom. The molecule has 1 rings (SSSR count). The van der Waals surface area contributed by atoms with Gasteiger partial charge in [-0.2, -0.15) is 0 Å². The highest BCUT2D eigenvalue weighted by Gasteiger charge is 2.11. The van der Waals surface area contributed by atoms with Crippen LogP contribution in [0.25, 0.3) is 0 Å². The van der Waals surface area contributed by atoms with Crippen molar-refractivity contribution in [1.29, 1.82) is 0 Å². The molecule has 0 radical (unpaired) electrons.